The molecular formula is C25H27ClN2O4. The van der Waals surface area contributed by atoms with E-state index in [9.17, 15) is 14.4 Å². The van der Waals surface area contributed by atoms with Gasteiger partial charge in [-0.3, -0.25) is 14.4 Å². The zero-order valence-electron chi connectivity index (χ0n) is 18.1. The molecule has 0 spiro atoms. The highest BCUT2D eigenvalue weighted by Gasteiger charge is 2.40. The summed E-state index contributed by atoms with van der Waals surface area (Å²) in [6.07, 6.45) is 3.84. The van der Waals surface area contributed by atoms with Gasteiger partial charge in [0.1, 0.15) is 0 Å². The molecule has 2 aromatic rings. The minimum Gasteiger partial charge on any atom is -0.455 e. The first-order valence-corrected chi connectivity index (χ1v) is 11.4. The standard InChI is InChI=1S/C25H27ClN2O4/c1-16-10-11-21(20(26)14-16)27-23(29)15-32-25(31)19-8-4-3-7-18(19)24(30)28-13-12-17-6-2-5-9-22(17)28/h2,5-6,9-11,14,18-19H,3-4,7-8,12-13,15H2,1H3,(H,27,29). The number of carbonyl (C=O) groups excluding carboxylic acids is 3. The lowest BCUT2D eigenvalue weighted by atomic mass is 9.78. The first-order chi connectivity index (χ1) is 15.4. The molecule has 2 aromatic carbocycles. The van der Waals surface area contributed by atoms with Crippen LogP contribution in [0.1, 0.15) is 36.8 Å². The summed E-state index contributed by atoms with van der Waals surface area (Å²) < 4.78 is 5.33. The number of hydrogen-bond acceptors (Lipinski definition) is 4. The molecule has 0 bridgehead atoms. The number of ether oxygens (including phenoxy) is 1. The van der Waals surface area contributed by atoms with Crippen LogP contribution in [0.5, 0.6) is 0 Å². The summed E-state index contributed by atoms with van der Waals surface area (Å²) in [7, 11) is 0. The van der Waals surface area contributed by atoms with E-state index in [0.717, 1.165) is 36.1 Å². The molecule has 4 rings (SSSR count). The number of nitrogens with zero attached hydrogens (tertiary/aromatic N) is 1. The Labute approximate surface area is 192 Å². The number of carbonyl (C=O) groups is 3. The second kappa shape index (κ2) is 9.74. The predicted octanol–water partition coefficient (Wildman–Crippen LogP) is 4.53. The van der Waals surface area contributed by atoms with Crippen molar-refractivity contribution in [2.45, 2.75) is 39.0 Å². The summed E-state index contributed by atoms with van der Waals surface area (Å²) in [5.74, 6) is -1.92. The molecule has 2 atom stereocenters. The number of benzene rings is 2. The van der Waals surface area contributed by atoms with Gasteiger partial charge in [0.05, 0.1) is 22.5 Å². The molecule has 32 heavy (non-hydrogen) atoms. The number of rotatable bonds is 5. The van der Waals surface area contributed by atoms with E-state index in [1.54, 1.807) is 17.0 Å². The molecule has 0 aromatic heterocycles. The van der Waals surface area contributed by atoms with E-state index in [0.29, 0.717) is 30.1 Å². The Morgan fingerprint density at radius 2 is 1.84 bits per heavy atom. The van der Waals surface area contributed by atoms with Crippen LogP contribution in [0.2, 0.25) is 5.02 Å². The van der Waals surface area contributed by atoms with E-state index in [-0.39, 0.29) is 5.91 Å². The third-order valence-corrected chi connectivity index (χ3v) is 6.60. The van der Waals surface area contributed by atoms with Crippen LogP contribution in [0.25, 0.3) is 0 Å². The molecule has 1 heterocycles. The van der Waals surface area contributed by atoms with Crippen LogP contribution in [0.15, 0.2) is 42.5 Å². The van der Waals surface area contributed by atoms with Crippen molar-refractivity contribution in [2.24, 2.45) is 11.8 Å². The fourth-order valence-electron chi connectivity index (χ4n) is 4.63. The van der Waals surface area contributed by atoms with Crippen molar-refractivity contribution in [2.75, 3.05) is 23.4 Å². The summed E-state index contributed by atoms with van der Waals surface area (Å²) in [5, 5.41) is 3.09. The second-order valence-electron chi connectivity index (χ2n) is 8.51. The highest BCUT2D eigenvalue weighted by Crippen LogP contribution is 2.36. The van der Waals surface area contributed by atoms with Crippen molar-refractivity contribution < 1.29 is 19.1 Å². The van der Waals surface area contributed by atoms with Gasteiger partial charge in [-0.2, -0.15) is 0 Å². The lowest BCUT2D eigenvalue weighted by Gasteiger charge is -2.32. The fourth-order valence-corrected chi connectivity index (χ4v) is 4.91. The Kier molecular flexibility index (Phi) is 6.80. The van der Waals surface area contributed by atoms with Crippen LogP contribution >= 0.6 is 11.6 Å². The summed E-state index contributed by atoms with van der Waals surface area (Å²) in [6.45, 7) is 2.13. The zero-order chi connectivity index (χ0) is 22.7. The van der Waals surface area contributed by atoms with Crippen LogP contribution in [0, 0.1) is 18.8 Å². The van der Waals surface area contributed by atoms with Crippen molar-refractivity contribution in [3.05, 3.63) is 58.6 Å². The van der Waals surface area contributed by atoms with Gasteiger partial charge >= 0.3 is 5.97 Å². The minimum atomic E-state index is -0.528. The Morgan fingerprint density at radius 3 is 2.62 bits per heavy atom. The van der Waals surface area contributed by atoms with Crippen LogP contribution in [-0.4, -0.2) is 30.9 Å². The average molecular weight is 455 g/mol. The highest BCUT2D eigenvalue weighted by atomic mass is 35.5. The van der Waals surface area contributed by atoms with Crippen molar-refractivity contribution >= 4 is 40.8 Å². The normalized spacial score (nSPS) is 19.9. The van der Waals surface area contributed by atoms with Gasteiger partial charge in [-0.1, -0.05) is 48.7 Å². The van der Waals surface area contributed by atoms with Crippen molar-refractivity contribution in [1.82, 2.24) is 0 Å². The molecule has 0 saturated heterocycles. The summed E-state index contributed by atoms with van der Waals surface area (Å²) >= 11 is 6.15. The number of hydrogen-bond donors (Lipinski definition) is 1. The smallest absolute Gasteiger partial charge is 0.310 e. The van der Waals surface area contributed by atoms with Crippen LogP contribution in [-0.2, 0) is 25.5 Å². The SMILES string of the molecule is Cc1ccc(NC(=O)COC(=O)C2CCCCC2C(=O)N2CCc3ccccc32)c(Cl)c1. The number of amides is 2. The molecule has 1 N–H and O–H groups in total. The number of anilines is 2. The van der Waals surface area contributed by atoms with Gasteiger partial charge in [0.15, 0.2) is 6.61 Å². The molecule has 7 heteroatoms. The molecule has 1 aliphatic carbocycles. The van der Waals surface area contributed by atoms with Crippen molar-refractivity contribution in [3.63, 3.8) is 0 Å². The Hall–Kier alpha value is -2.86. The molecule has 6 nitrogen and oxygen atoms in total. The first kappa shape index (κ1) is 22.3. The van der Waals surface area contributed by atoms with E-state index < -0.39 is 30.3 Å². The maximum Gasteiger partial charge on any atom is 0.310 e. The van der Waals surface area contributed by atoms with Crippen LogP contribution in [0.3, 0.4) is 0 Å². The lowest BCUT2D eigenvalue weighted by Crippen LogP contribution is -2.42. The number of fused-ring (bicyclic) bond motifs is 1. The topological polar surface area (TPSA) is 75.7 Å². The van der Waals surface area contributed by atoms with E-state index >= 15 is 0 Å². The quantitative estimate of drug-likeness (QED) is 0.673. The van der Waals surface area contributed by atoms with Gasteiger partial charge in [-0.05, 0) is 55.5 Å². The third kappa shape index (κ3) is 4.80. The van der Waals surface area contributed by atoms with Gasteiger partial charge in [-0.25, -0.2) is 0 Å². The van der Waals surface area contributed by atoms with E-state index in [4.69, 9.17) is 16.3 Å². The van der Waals surface area contributed by atoms with Crippen molar-refractivity contribution in [1.29, 1.82) is 0 Å². The molecule has 0 radical (unpaired) electrons. The number of para-hydroxylation sites is 1. The van der Waals surface area contributed by atoms with E-state index in [1.807, 2.05) is 37.3 Å². The number of aryl methyl sites for hydroxylation is 1. The summed E-state index contributed by atoms with van der Waals surface area (Å²) in [5.41, 5.74) is 3.54. The van der Waals surface area contributed by atoms with Crippen LogP contribution < -0.4 is 10.2 Å². The van der Waals surface area contributed by atoms with Crippen molar-refractivity contribution in [3.8, 4) is 0 Å². The molecule has 1 saturated carbocycles. The third-order valence-electron chi connectivity index (χ3n) is 6.28. The van der Waals surface area contributed by atoms with Gasteiger partial charge in [0.25, 0.3) is 5.91 Å². The zero-order valence-corrected chi connectivity index (χ0v) is 18.9. The number of nitrogens with one attached hydrogen (secondary N) is 1. The average Bonchev–Trinajstić information content (AvgIpc) is 3.23. The van der Waals surface area contributed by atoms with Crippen LogP contribution in [0.4, 0.5) is 11.4 Å². The molecule has 1 aliphatic heterocycles. The van der Waals surface area contributed by atoms with Gasteiger partial charge in [0, 0.05) is 12.2 Å². The van der Waals surface area contributed by atoms with Gasteiger partial charge in [-0.15, -0.1) is 0 Å². The summed E-state index contributed by atoms with van der Waals surface area (Å²) in [4.78, 5) is 40.3. The number of esters is 1. The minimum absolute atomic E-state index is 0.0208. The maximum absolute atomic E-state index is 13.3. The Morgan fingerprint density at radius 1 is 1.09 bits per heavy atom. The molecule has 1 fully saturated rings. The van der Waals surface area contributed by atoms with E-state index in [1.165, 1.54) is 0 Å². The largest absolute Gasteiger partial charge is 0.455 e. The second-order valence-corrected chi connectivity index (χ2v) is 8.91. The predicted molar refractivity (Wildman–Crippen MR) is 124 cm³/mol. The first-order valence-electron chi connectivity index (χ1n) is 11.1. The number of halogens is 1. The van der Waals surface area contributed by atoms with E-state index in [2.05, 4.69) is 5.32 Å². The lowest BCUT2D eigenvalue weighted by molar-refractivity contribution is -0.156. The molecule has 168 valence electrons. The Balaban J connectivity index is 1.37. The highest BCUT2D eigenvalue weighted by molar-refractivity contribution is 6.33. The molecule has 2 unspecified atom stereocenters. The molecular weight excluding hydrogens is 428 g/mol. The Bertz CT molecular complexity index is 1040. The van der Waals surface area contributed by atoms with Gasteiger partial charge < -0.3 is 15.0 Å². The fraction of sp³-hybridized carbons (Fsp3) is 0.400. The summed E-state index contributed by atoms with van der Waals surface area (Å²) in [6, 6.07) is 13.2. The molecule has 2 aliphatic rings. The van der Waals surface area contributed by atoms with Gasteiger partial charge in [0.2, 0.25) is 5.91 Å². The molecule has 2 amide bonds. The monoisotopic (exact) mass is 454 g/mol. The maximum atomic E-state index is 13.3.